The first-order chi connectivity index (χ1) is 17.9. The van der Waals surface area contributed by atoms with E-state index in [4.69, 9.17) is 18.9 Å². The van der Waals surface area contributed by atoms with Crippen molar-refractivity contribution in [2.24, 2.45) is 0 Å². The molecule has 4 rings (SSSR count). The Kier molecular flexibility index (Phi) is 7.56. The highest BCUT2D eigenvalue weighted by Gasteiger charge is 2.30. The fraction of sp³-hybridized carbons (Fsp3) is 0.320. The van der Waals surface area contributed by atoms with E-state index in [1.165, 1.54) is 26.4 Å². The molecule has 1 amide bonds. The maximum absolute atomic E-state index is 13.2. The molecule has 0 saturated carbocycles. The van der Waals surface area contributed by atoms with E-state index >= 15 is 0 Å². The molecular weight excluding hydrogens is 482 g/mol. The molecule has 0 radical (unpaired) electrons. The monoisotopic (exact) mass is 509 g/mol. The summed E-state index contributed by atoms with van der Waals surface area (Å²) >= 11 is 0. The number of nitrogens with zero attached hydrogens (tertiary/aromatic N) is 5. The molecule has 1 saturated heterocycles. The van der Waals surface area contributed by atoms with Crippen molar-refractivity contribution in [1.29, 1.82) is 0 Å². The molecule has 1 fully saturated rings. The summed E-state index contributed by atoms with van der Waals surface area (Å²) in [5.41, 5.74) is 1.14. The lowest BCUT2D eigenvalue weighted by molar-refractivity contribution is -0.385. The highest BCUT2D eigenvalue weighted by Crippen LogP contribution is 2.35. The molecule has 12 heteroatoms. The van der Waals surface area contributed by atoms with Gasteiger partial charge in [-0.05, 0) is 30.3 Å². The van der Waals surface area contributed by atoms with Gasteiger partial charge in [-0.1, -0.05) is 0 Å². The van der Waals surface area contributed by atoms with E-state index in [9.17, 15) is 14.9 Å². The van der Waals surface area contributed by atoms with E-state index in [0.717, 1.165) is 5.56 Å². The average molecular weight is 510 g/mol. The van der Waals surface area contributed by atoms with E-state index in [1.807, 2.05) is 35.2 Å². The molecule has 0 aliphatic carbocycles. The third kappa shape index (κ3) is 5.17. The molecule has 1 aliphatic rings. The van der Waals surface area contributed by atoms with Crippen LogP contribution in [0.2, 0.25) is 0 Å². The van der Waals surface area contributed by atoms with Gasteiger partial charge in [-0.15, -0.1) is 10.2 Å². The molecule has 0 unspecified atom stereocenters. The lowest BCUT2D eigenvalue weighted by Crippen LogP contribution is -2.49. The summed E-state index contributed by atoms with van der Waals surface area (Å²) < 4.78 is 21.0. The van der Waals surface area contributed by atoms with Gasteiger partial charge in [-0.2, -0.15) is 0 Å². The van der Waals surface area contributed by atoms with E-state index in [1.54, 1.807) is 19.1 Å². The maximum Gasteiger partial charge on any atom is 0.286 e. The minimum Gasteiger partial charge on any atom is -0.493 e. The summed E-state index contributed by atoms with van der Waals surface area (Å²) in [5.74, 6) is 1.89. The van der Waals surface area contributed by atoms with Crippen molar-refractivity contribution >= 4 is 17.4 Å². The van der Waals surface area contributed by atoms with Gasteiger partial charge in [0.05, 0.1) is 45.1 Å². The van der Waals surface area contributed by atoms with Crippen LogP contribution in [0.25, 0.3) is 11.3 Å². The van der Waals surface area contributed by atoms with Crippen LogP contribution in [-0.4, -0.2) is 80.5 Å². The van der Waals surface area contributed by atoms with Gasteiger partial charge in [0.15, 0.2) is 28.8 Å². The number of carbonyl (C=O) groups is 1. The number of piperazine rings is 1. The first kappa shape index (κ1) is 25.5. The van der Waals surface area contributed by atoms with Crippen molar-refractivity contribution in [2.45, 2.75) is 0 Å². The van der Waals surface area contributed by atoms with Crippen LogP contribution in [0.4, 0.5) is 11.5 Å². The predicted molar refractivity (Wildman–Crippen MR) is 135 cm³/mol. The second kappa shape index (κ2) is 11.0. The minimum atomic E-state index is -0.596. The zero-order valence-corrected chi connectivity index (χ0v) is 21.0. The third-order valence-electron chi connectivity index (χ3n) is 6.15. The second-order valence-electron chi connectivity index (χ2n) is 8.11. The van der Waals surface area contributed by atoms with Crippen LogP contribution in [0.15, 0.2) is 42.5 Å². The number of nitro groups is 1. The topological polar surface area (TPSA) is 129 Å². The summed E-state index contributed by atoms with van der Waals surface area (Å²) in [7, 11) is 5.94. The van der Waals surface area contributed by atoms with Crippen molar-refractivity contribution in [3.05, 3.63) is 58.1 Å². The molecule has 0 bridgehead atoms. The average Bonchev–Trinajstić information content (AvgIpc) is 2.95. The number of nitro benzene ring substituents is 1. The van der Waals surface area contributed by atoms with Crippen LogP contribution in [0.3, 0.4) is 0 Å². The van der Waals surface area contributed by atoms with Crippen molar-refractivity contribution in [3.8, 4) is 34.3 Å². The van der Waals surface area contributed by atoms with Gasteiger partial charge in [0.25, 0.3) is 11.6 Å². The zero-order valence-electron chi connectivity index (χ0n) is 21.0. The third-order valence-corrected chi connectivity index (χ3v) is 6.15. The van der Waals surface area contributed by atoms with Crippen LogP contribution in [0.1, 0.15) is 10.4 Å². The number of methoxy groups -OCH3 is 4. The Morgan fingerprint density at radius 2 is 1.43 bits per heavy atom. The number of carbonyl (C=O) groups excluding carboxylic acids is 1. The standard InChI is InChI=1S/C25H27N5O7/c1-34-20-7-5-16(13-21(20)35-2)18-6-8-24(27-26-18)28-9-11-29(12-10-28)25(31)17-14-22(36-3)23(37-4)15-19(17)30(32)33/h5-8,13-15H,9-12H2,1-4H3. The summed E-state index contributed by atoms with van der Waals surface area (Å²) in [6.45, 7) is 1.72. The maximum atomic E-state index is 13.2. The summed E-state index contributed by atoms with van der Waals surface area (Å²) in [6, 6.07) is 11.8. The summed E-state index contributed by atoms with van der Waals surface area (Å²) in [6.07, 6.45) is 0. The fourth-order valence-corrected chi connectivity index (χ4v) is 4.14. The smallest absolute Gasteiger partial charge is 0.286 e. The van der Waals surface area contributed by atoms with E-state index in [2.05, 4.69) is 10.2 Å². The quantitative estimate of drug-likeness (QED) is 0.330. The number of hydrogen-bond donors (Lipinski definition) is 0. The van der Waals surface area contributed by atoms with Crippen LogP contribution >= 0.6 is 0 Å². The highest BCUT2D eigenvalue weighted by atomic mass is 16.6. The number of aromatic nitrogens is 2. The molecule has 0 N–H and O–H groups in total. The normalized spacial score (nSPS) is 13.2. The SMILES string of the molecule is COc1ccc(-c2ccc(N3CCN(C(=O)c4cc(OC)c(OC)cc4[N+](=O)[O-])CC3)nn2)cc1OC. The predicted octanol–water partition coefficient (Wildman–Crippen LogP) is 3.05. The van der Waals surface area contributed by atoms with E-state index < -0.39 is 10.8 Å². The number of benzene rings is 2. The van der Waals surface area contributed by atoms with Crippen LogP contribution in [0.5, 0.6) is 23.0 Å². The lowest BCUT2D eigenvalue weighted by Gasteiger charge is -2.35. The molecule has 1 aromatic heterocycles. The van der Waals surface area contributed by atoms with Gasteiger partial charge in [0.2, 0.25) is 0 Å². The first-order valence-electron chi connectivity index (χ1n) is 11.4. The molecule has 2 aromatic carbocycles. The Hall–Kier alpha value is -4.61. The van der Waals surface area contributed by atoms with Crippen LogP contribution in [-0.2, 0) is 0 Å². The highest BCUT2D eigenvalue weighted by molar-refractivity contribution is 5.99. The van der Waals surface area contributed by atoms with Gasteiger partial charge >= 0.3 is 0 Å². The van der Waals surface area contributed by atoms with Crippen molar-refractivity contribution in [2.75, 3.05) is 59.5 Å². The molecule has 194 valence electrons. The number of amides is 1. The zero-order chi connectivity index (χ0) is 26.5. The number of hydrogen-bond acceptors (Lipinski definition) is 10. The second-order valence-corrected chi connectivity index (χ2v) is 8.11. The van der Waals surface area contributed by atoms with Crippen molar-refractivity contribution in [1.82, 2.24) is 15.1 Å². The van der Waals surface area contributed by atoms with Crippen LogP contribution in [0, 0.1) is 10.1 Å². The Balaban J connectivity index is 1.46. The molecule has 37 heavy (non-hydrogen) atoms. The molecular formula is C25H27N5O7. The fourth-order valence-electron chi connectivity index (χ4n) is 4.14. The Labute approximate surface area is 213 Å². The minimum absolute atomic E-state index is 0.0461. The summed E-state index contributed by atoms with van der Waals surface area (Å²) in [4.78, 5) is 27.8. The number of anilines is 1. The molecule has 0 atom stereocenters. The number of rotatable bonds is 8. The molecule has 3 aromatic rings. The molecule has 2 heterocycles. The lowest BCUT2D eigenvalue weighted by atomic mass is 10.1. The van der Waals surface area contributed by atoms with Gasteiger partial charge in [-0.25, -0.2) is 0 Å². The van der Waals surface area contributed by atoms with Crippen LogP contribution < -0.4 is 23.8 Å². The van der Waals surface area contributed by atoms with Gasteiger partial charge < -0.3 is 28.7 Å². The molecule has 0 spiro atoms. The van der Waals surface area contributed by atoms with Crippen molar-refractivity contribution in [3.63, 3.8) is 0 Å². The summed E-state index contributed by atoms with van der Waals surface area (Å²) in [5, 5.41) is 20.3. The Morgan fingerprint density at radius 1 is 0.811 bits per heavy atom. The molecule has 1 aliphatic heterocycles. The largest absolute Gasteiger partial charge is 0.493 e. The van der Waals surface area contributed by atoms with Gasteiger partial charge in [-0.3, -0.25) is 14.9 Å². The first-order valence-corrected chi connectivity index (χ1v) is 11.4. The van der Waals surface area contributed by atoms with E-state index in [0.29, 0.717) is 49.2 Å². The Bertz CT molecular complexity index is 1290. The molecule has 12 nitrogen and oxygen atoms in total. The van der Waals surface area contributed by atoms with E-state index in [-0.39, 0.29) is 22.7 Å². The Morgan fingerprint density at radius 3 is 2.00 bits per heavy atom. The van der Waals surface area contributed by atoms with Crippen molar-refractivity contribution < 1.29 is 28.7 Å². The number of ether oxygens (including phenoxy) is 4. The van der Waals surface area contributed by atoms with Gasteiger partial charge in [0.1, 0.15) is 5.56 Å². The van der Waals surface area contributed by atoms with Gasteiger partial charge in [0, 0.05) is 37.8 Å².